The second kappa shape index (κ2) is 5.57. The van der Waals surface area contributed by atoms with Crippen LogP contribution in [0.5, 0.6) is 0 Å². The summed E-state index contributed by atoms with van der Waals surface area (Å²) in [6.45, 7) is 3.06. The van der Waals surface area contributed by atoms with E-state index in [1.165, 1.54) is 10.4 Å². The van der Waals surface area contributed by atoms with Crippen molar-refractivity contribution in [3.63, 3.8) is 0 Å². The molecular weight excluding hydrogens is 284 g/mol. The van der Waals surface area contributed by atoms with Crippen molar-refractivity contribution in [3.8, 4) is 0 Å². The number of halogens is 1. The maximum Gasteiger partial charge on any atom is 0.0686 e. The number of hydrogen-bond acceptors (Lipinski definition) is 3. The summed E-state index contributed by atoms with van der Waals surface area (Å²) in [5.41, 5.74) is 1.19. The van der Waals surface area contributed by atoms with Gasteiger partial charge in [-0.05, 0) is 45.6 Å². The van der Waals surface area contributed by atoms with E-state index in [0.29, 0.717) is 0 Å². The van der Waals surface area contributed by atoms with Gasteiger partial charge in [0.2, 0.25) is 0 Å². The standard InChI is InChI=1S/C12H13BrN2S/c1-2-15-12(11-4-3-5-16-11)9-6-10(13)8-14-7-9/h3-8,12,15H,2H2,1H3. The predicted octanol–water partition coefficient (Wildman–Crippen LogP) is 3.60. The van der Waals surface area contributed by atoms with Crippen LogP contribution in [0, 0.1) is 0 Å². The fraction of sp³-hybridized carbons (Fsp3) is 0.250. The molecule has 4 heteroatoms. The summed E-state index contributed by atoms with van der Waals surface area (Å²) in [7, 11) is 0. The third kappa shape index (κ3) is 2.70. The molecule has 0 fully saturated rings. The van der Waals surface area contributed by atoms with Crippen LogP contribution in [-0.2, 0) is 0 Å². The lowest BCUT2D eigenvalue weighted by Gasteiger charge is -2.16. The Morgan fingerprint density at radius 1 is 1.50 bits per heavy atom. The van der Waals surface area contributed by atoms with Gasteiger partial charge >= 0.3 is 0 Å². The van der Waals surface area contributed by atoms with Crippen molar-refractivity contribution >= 4 is 27.3 Å². The van der Waals surface area contributed by atoms with Crippen molar-refractivity contribution in [2.24, 2.45) is 0 Å². The van der Waals surface area contributed by atoms with E-state index in [-0.39, 0.29) is 6.04 Å². The van der Waals surface area contributed by atoms with E-state index in [9.17, 15) is 0 Å². The SMILES string of the molecule is CCNC(c1cncc(Br)c1)c1cccs1. The summed E-state index contributed by atoms with van der Waals surface area (Å²) in [5, 5.41) is 5.58. The molecule has 2 aromatic rings. The van der Waals surface area contributed by atoms with E-state index < -0.39 is 0 Å². The monoisotopic (exact) mass is 296 g/mol. The van der Waals surface area contributed by atoms with Gasteiger partial charge in [0.05, 0.1) is 6.04 Å². The number of nitrogens with one attached hydrogen (secondary N) is 1. The van der Waals surface area contributed by atoms with Crippen molar-refractivity contribution in [2.45, 2.75) is 13.0 Å². The molecule has 0 bridgehead atoms. The van der Waals surface area contributed by atoms with Gasteiger partial charge in [0.15, 0.2) is 0 Å². The third-order valence-electron chi connectivity index (χ3n) is 2.30. The van der Waals surface area contributed by atoms with Gasteiger partial charge in [-0.1, -0.05) is 13.0 Å². The van der Waals surface area contributed by atoms with Gasteiger partial charge in [-0.3, -0.25) is 4.98 Å². The first-order chi connectivity index (χ1) is 7.81. The normalized spacial score (nSPS) is 12.6. The van der Waals surface area contributed by atoms with Crippen molar-refractivity contribution < 1.29 is 0 Å². The highest BCUT2D eigenvalue weighted by Crippen LogP contribution is 2.26. The van der Waals surface area contributed by atoms with Gasteiger partial charge < -0.3 is 5.32 Å². The molecule has 0 amide bonds. The molecule has 0 radical (unpaired) electrons. The number of aromatic nitrogens is 1. The quantitative estimate of drug-likeness (QED) is 0.932. The molecule has 0 saturated carbocycles. The molecule has 0 saturated heterocycles. The summed E-state index contributed by atoms with van der Waals surface area (Å²) >= 11 is 5.22. The van der Waals surface area contributed by atoms with Crippen molar-refractivity contribution in [1.29, 1.82) is 0 Å². The van der Waals surface area contributed by atoms with E-state index in [4.69, 9.17) is 0 Å². The van der Waals surface area contributed by atoms with E-state index in [1.54, 1.807) is 17.5 Å². The van der Waals surface area contributed by atoms with Crippen LogP contribution >= 0.6 is 27.3 Å². The third-order valence-corrected chi connectivity index (χ3v) is 3.67. The minimum absolute atomic E-state index is 0.245. The lowest BCUT2D eigenvalue weighted by Crippen LogP contribution is -2.21. The molecule has 0 aliphatic rings. The molecule has 1 atom stereocenters. The number of rotatable bonds is 4. The predicted molar refractivity (Wildman–Crippen MR) is 71.8 cm³/mol. The highest BCUT2D eigenvalue weighted by atomic mass is 79.9. The maximum atomic E-state index is 4.21. The second-order valence-electron chi connectivity index (χ2n) is 3.44. The van der Waals surface area contributed by atoms with Gasteiger partial charge in [-0.15, -0.1) is 11.3 Å². The van der Waals surface area contributed by atoms with Crippen LogP contribution in [0.1, 0.15) is 23.4 Å². The Bertz CT molecular complexity index is 442. The molecule has 16 heavy (non-hydrogen) atoms. The molecule has 1 N–H and O–H groups in total. The van der Waals surface area contributed by atoms with Crippen LogP contribution in [0.3, 0.4) is 0 Å². The molecule has 84 valence electrons. The molecule has 0 aromatic carbocycles. The summed E-state index contributed by atoms with van der Waals surface area (Å²) in [5.74, 6) is 0. The highest BCUT2D eigenvalue weighted by Gasteiger charge is 2.14. The lowest BCUT2D eigenvalue weighted by atomic mass is 10.1. The first kappa shape index (κ1) is 11.8. The smallest absolute Gasteiger partial charge is 0.0686 e. The molecule has 0 aliphatic heterocycles. The Kier molecular flexibility index (Phi) is 4.09. The molecule has 2 rings (SSSR count). The minimum Gasteiger partial charge on any atom is -0.306 e. The Hall–Kier alpha value is -0.710. The number of hydrogen-bond donors (Lipinski definition) is 1. The van der Waals surface area contributed by atoms with Crippen LogP contribution in [0.2, 0.25) is 0 Å². The summed E-state index contributed by atoms with van der Waals surface area (Å²) < 4.78 is 1.02. The highest BCUT2D eigenvalue weighted by molar-refractivity contribution is 9.10. The number of pyridine rings is 1. The van der Waals surface area contributed by atoms with Crippen LogP contribution in [0.4, 0.5) is 0 Å². The fourth-order valence-electron chi connectivity index (χ4n) is 1.63. The Balaban J connectivity index is 2.33. The fourth-order valence-corrected chi connectivity index (χ4v) is 2.84. The van der Waals surface area contributed by atoms with Crippen molar-refractivity contribution in [2.75, 3.05) is 6.54 Å². The van der Waals surface area contributed by atoms with Crippen LogP contribution in [0.25, 0.3) is 0 Å². The molecule has 2 heterocycles. The maximum absolute atomic E-state index is 4.21. The molecule has 0 spiro atoms. The molecular formula is C12H13BrN2S. The Morgan fingerprint density at radius 3 is 3.00 bits per heavy atom. The average Bonchev–Trinajstić information content (AvgIpc) is 2.79. The molecule has 0 aliphatic carbocycles. The van der Waals surface area contributed by atoms with Gasteiger partial charge in [-0.2, -0.15) is 0 Å². The van der Waals surface area contributed by atoms with E-state index in [1.807, 2.05) is 6.20 Å². The van der Waals surface area contributed by atoms with Gasteiger partial charge in [0.1, 0.15) is 0 Å². The largest absolute Gasteiger partial charge is 0.306 e. The summed E-state index contributed by atoms with van der Waals surface area (Å²) in [4.78, 5) is 5.54. The zero-order chi connectivity index (χ0) is 11.4. The van der Waals surface area contributed by atoms with Crippen molar-refractivity contribution in [1.82, 2.24) is 10.3 Å². The zero-order valence-corrected chi connectivity index (χ0v) is 11.4. The van der Waals surface area contributed by atoms with Gasteiger partial charge in [-0.25, -0.2) is 0 Å². The number of thiophene rings is 1. The van der Waals surface area contributed by atoms with E-state index >= 15 is 0 Å². The Morgan fingerprint density at radius 2 is 2.38 bits per heavy atom. The molecule has 2 nitrogen and oxygen atoms in total. The topological polar surface area (TPSA) is 24.9 Å². The van der Waals surface area contributed by atoms with Gasteiger partial charge in [0.25, 0.3) is 0 Å². The molecule has 2 aromatic heterocycles. The summed E-state index contributed by atoms with van der Waals surface area (Å²) in [6, 6.07) is 6.59. The van der Waals surface area contributed by atoms with Crippen molar-refractivity contribution in [3.05, 3.63) is 50.9 Å². The zero-order valence-electron chi connectivity index (χ0n) is 8.98. The summed E-state index contributed by atoms with van der Waals surface area (Å²) in [6.07, 6.45) is 3.72. The average molecular weight is 297 g/mol. The van der Waals surface area contributed by atoms with Crippen LogP contribution in [-0.4, -0.2) is 11.5 Å². The lowest BCUT2D eigenvalue weighted by molar-refractivity contribution is 0.637. The van der Waals surface area contributed by atoms with E-state index in [2.05, 4.69) is 56.7 Å². The minimum atomic E-state index is 0.245. The van der Waals surface area contributed by atoms with E-state index in [0.717, 1.165) is 11.0 Å². The van der Waals surface area contributed by atoms with Crippen LogP contribution < -0.4 is 5.32 Å². The first-order valence-corrected chi connectivity index (χ1v) is 6.85. The second-order valence-corrected chi connectivity index (χ2v) is 5.34. The first-order valence-electron chi connectivity index (χ1n) is 5.18. The van der Waals surface area contributed by atoms with Crippen LogP contribution in [0.15, 0.2) is 40.4 Å². The number of nitrogens with zero attached hydrogens (tertiary/aromatic N) is 1. The Labute approximate surface area is 108 Å². The molecule has 1 unspecified atom stereocenters. The van der Waals surface area contributed by atoms with Gasteiger partial charge in [0, 0.05) is 21.7 Å².